The predicted molar refractivity (Wildman–Crippen MR) is 48.9 cm³/mol. The summed E-state index contributed by atoms with van der Waals surface area (Å²) < 4.78 is 2.03. The van der Waals surface area contributed by atoms with Gasteiger partial charge in [-0.2, -0.15) is 0 Å². The van der Waals surface area contributed by atoms with E-state index in [2.05, 4.69) is 30.0 Å². The number of hydrogen-bond acceptors (Lipinski definition) is 2. The summed E-state index contributed by atoms with van der Waals surface area (Å²) in [6.07, 6.45) is 6.89. The molecule has 0 spiro atoms. The van der Waals surface area contributed by atoms with E-state index in [9.17, 15) is 0 Å². The van der Waals surface area contributed by atoms with E-state index in [4.69, 9.17) is 0 Å². The van der Waals surface area contributed by atoms with Crippen LogP contribution in [-0.2, 0) is 0 Å². The topological polar surface area (TPSA) is 31.2 Å². The Morgan fingerprint density at radius 1 is 1.46 bits per heavy atom. The molecule has 68 valence electrons. The molecular formula is C10H14N3+. The number of nitrogens with zero attached hydrogens (tertiary/aromatic N) is 3. The molecule has 3 nitrogen and oxygen atoms in total. The Kier molecular flexibility index (Phi) is 2.08. The van der Waals surface area contributed by atoms with Gasteiger partial charge in [0.15, 0.2) is 0 Å². The van der Waals surface area contributed by atoms with E-state index in [0.29, 0.717) is 5.92 Å². The van der Waals surface area contributed by atoms with Gasteiger partial charge in [0.2, 0.25) is 6.33 Å². The minimum Gasteiger partial charge on any atom is -0.210 e. The summed E-state index contributed by atoms with van der Waals surface area (Å²) in [4.78, 5) is 8.70. The zero-order valence-corrected chi connectivity index (χ0v) is 8.07. The van der Waals surface area contributed by atoms with Crippen molar-refractivity contribution in [2.45, 2.75) is 26.2 Å². The molecule has 0 amide bonds. The third-order valence-corrected chi connectivity index (χ3v) is 2.25. The molecule has 0 fully saturated rings. The lowest BCUT2D eigenvalue weighted by atomic mass is 10.1. The molecule has 1 aliphatic heterocycles. The van der Waals surface area contributed by atoms with Crippen LogP contribution in [0.3, 0.4) is 0 Å². The zero-order valence-electron chi connectivity index (χ0n) is 8.07. The number of fused-ring (bicyclic) bond motifs is 1. The predicted octanol–water partition coefficient (Wildman–Crippen LogP) is 0.526. The molecule has 0 saturated heterocycles. The third-order valence-electron chi connectivity index (χ3n) is 2.25. The van der Waals surface area contributed by atoms with Crippen LogP contribution >= 0.6 is 0 Å². The van der Waals surface area contributed by atoms with Gasteiger partial charge in [0, 0.05) is 6.42 Å². The van der Waals surface area contributed by atoms with Gasteiger partial charge in [-0.3, -0.25) is 0 Å². The van der Waals surface area contributed by atoms with Crippen molar-refractivity contribution in [3.63, 3.8) is 0 Å². The SMILES string of the molecule is CC(C)c1cnc[n+]2c1=NCCC=2. The zero-order chi connectivity index (χ0) is 9.26. The molecule has 0 N–H and O–H groups in total. The van der Waals surface area contributed by atoms with Crippen LogP contribution in [0.5, 0.6) is 0 Å². The summed E-state index contributed by atoms with van der Waals surface area (Å²) in [7, 11) is 0. The summed E-state index contributed by atoms with van der Waals surface area (Å²) in [5.41, 5.74) is 2.31. The van der Waals surface area contributed by atoms with Crippen LogP contribution in [0.2, 0.25) is 0 Å². The lowest BCUT2D eigenvalue weighted by molar-refractivity contribution is -0.537. The maximum Gasteiger partial charge on any atom is 0.267 e. The molecule has 0 saturated carbocycles. The summed E-state index contributed by atoms with van der Waals surface area (Å²) in [6, 6.07) is 0. The Morgan fingerprint density at radius 2 is 2.31 bits per heavy atom. The smallest absolute Gasteiger partial charge is 0.210 e. The van der Waals surface area contributed by atoms with Crippen molar-refractivity contribution in [2.75, 3.05) is 6.54 Å². The lowest BCUT2D eigenvalue weighted by Gasteiger charge is -2.02. The van der Waals surface area contributed by atoms with Crippen molar-refractivity contribution in [2.24, 2.45) is 4.99 Å². The van der Waals surface area contributed by atoms with E-state index in [1.807, 2.05) is 16.8 Å². The van der Waals surface area contributed by atoms with Crippen LogP contribution in [0, 0.1) is 6.21 Å². The van der Waals surface area contributed by atoms with Crippen molar-refractivity contribution < 1.29 is 4.24 Å². The molecule has 1 aliphatic rings. The summed E-state index contributed by atoms with van der Waals surface area (Å²) in [5.74, 6) is 0.491. The second kappa shape index (κ2) is 3.24. The van der Waals surface area contributed by atoms with E-state index in [-0.39, 0.29) is 0 Å². The first-order chi connectivity index (χ1) is 6.29. The summed E-state index contributed by atoms with van der Waals surface area (Å²) >= 11 is 0. The molecule has 0 bridgehead atoms. The van der Waals surface area contributed by atoms with Crippen LogP contribution in [0.1, 0.15) is 31.7 Å². The first kappa shape index (κ1) is 8.35. The van der Waals surface area contributed by atoms with Gasteiger partial charge in [-0.05, 0) is 5.92 Å². The summed E-state index contributed by atoms with van der Waals surface area (Å²) in [6.45, 7) is 5.24. The largest absolute Gasteiger partial charge is 0.267 e. The highest BCUT2D eigenvalue weighted by molar-refractivity contribution is 5.05. The third kappa shape index (κ3) is 1.46. The maximum absolute atomic E-state index is 4.51. The highest BCUT2D eigenvalue weighted by Crippen LogP contribution is 2.05. The molecule has 0 unspecified atom stereocenters. The fourth-order valence-corrected chi connectivity index (χ4v) is 1.53. The Bertz CT molecular complexity index is 420. The van der Waals surface area contributed by atoms with Gasteiger partial charge in [0.25, 0.3) is 5.49 Å². The molecule has 0 radical (unpaired) electrons. The Hall–Kier alpha value is -1.25. The second-order valence-corrected chi connectivity index (χ2v) is 3.59. The molecule has 0 atom stereocenters. The van der Waals surface area contributed by atoms with Gasteiger partial charge >= 0.3 is 0 Å². The minimum absolute atomic E-state index is 0.491. The monoisotopic (exact) mass is 176 g/mol. The fourth-order valence-electron chi connectivity index (χ4n) is 1.53. The summed E-state index contributed by atoms with van der Waals surface area (Å²) in [5, 5.41) is 0. The van der Waals surface area contributed by atoms with Gasteiger partial charge in [-0.1, -0.05) is 13.8 Å². The molecule has 3 heteroatoms. The molecule has 1 aromatic heterocycles. The molecule has 0 aliphatic carbocycles. The van der Waals surface area contributed by atoms with E-state index in [0.717, 1.165) is 18.5 Å². The fraction of sp³-hybridized carbons (Fsp3) is 0.500. The standard InChI is InChI=1S/C10H14N3/c1-8(2)9-6-11-7-13-5-3-4-12-10(9)13/h5-8H,3-4H2,1-2H3/q+1. The van der Waals surface area contributed by atoms with Gasteiger partial charge in [0.05, 0.1) is 11.8 Å². The van der Waals surface area contributed by atoms with Crippen LogP contribution in [0.15, 0.2) is 17.5 Å². The quantitative estimate of drug-likeness (QED) is 0.574. The van der Waals surface area contributed by atoms with Crippen LogP contribution in [0.25, 0.3) is 0 Å². The van der Waals surface area contributed by atoms with Crippen molar-refractivity contribution in [3.8, 4) is 0 Å². The van der Waals surface area contributed by atoms with Crippen LogP contribution < -0.4 is 9.73 Å². The van der Waals surface area contributed by atoms with E-state index >= 15 is 0 Å². The Labute approximate surface area is 77.5 Å². The number of rotatable bonds is 1. The maximum atomic E-state index is 4.51. The molecule has 2 rings (SSSR count). The van der Waals surface area contributed by atoms with E-state index in [1.54, 1.807) is 0 Å². The Morgan fingerprint density at radius 3 is 3.08 bits per heavy atom. The molecule has 13 heavy (non-hydrogen) atoms. The van der Waals surface area contributed by atoms with Crippen LogP contribution in [0.4, 0.5) is 0 Å². The number of aromatic nitrogens is 2. The van der Waals surface area contributed by atoms with Gasteiger partial charge in [-0.15, -0.1) is 9.98 Å². The van der Waals surface area contributed by atoms with Crippen LogP contribution in [-0.4, -0.2) is 11.5 Å². The molecular weight excluding hydrogens is 162 g/mol. The molecule has 1 aromatic rings. The van der Waals surface area contributed by atoms with Crippen molar-refractivity contribution >= 4 is 0 Å². The van der Waals surface area contributed by atoms with E-state index in [1.165, 1.54) is 5.56 Å². The highest BCUT2D eigenvalue weighted by atomic mass is 15.0. The van der Waals surface area contributed by atoms with Crippen molar-refractivity contribution in [3.05, 3.63) is 29.8 Å². The van der Waals surface area contributed by atoms with Gasteiger partial charge in [-0.25, -0.2) is 4.24 Å². The first-order valence-electron chi connectivity index (χ1n) is 4.69. The normalized spacial score (nSPS) is 14.7. The minimum atomic E-state index is 0.491. The molecule has 2 heterocycles. The molecule has 0 aromatic carbocycles. The average molecular weight is 176 g/mol. The van der Waals surface area contributed by atoms with Crippen molar-refractivity contribution in [1.82, 2.24) is 4.98 Å². The van der Waals surface area contributed by atoms with Crippen molar-refractivity contribution in [1.29, 1.82) is 0 Å². The second-order valence-electron chi connectivity index (χ2n) is 3.59. The van der Waals surface area contributed by atoms with Gasteiger partial charge in [0.1, 0.15) is 12.7 Å². The van der Waals surface area contributed by atoms with E-state index < -0.39 is 0 Å². The first-order valence-corrected chi connectivity index (χ1v) is 4.69. The van der Waals surface area contributed by atoms with Gasteiger partial charge < -0.3 is 0 Å². The highest BCUT2D eigenvalue weighted by Gasteiger charge is 2.11. The number of hydrogen-bond donors (Lipinski definition) is 0. The Balaban J connectivity index is 2.74. The lowest BCUT2D eigenvalue weighted by Crippen LogP contribution is -2.43. The average Bonchev–Trinajstić information content (AvgIpc) is 2.17.